The van der Waals surface area contributed by atoms with E-state index in [1.54, 1.807) is 23.3 Å². The topological polar surface area (TPSA) is 108 Å². The van der Waals surface area contributed by atoms with Crippen LogP contribution in [0, 0.1) is 0 Å². The lowest BCUT2D eigenvalue weighted by molar-refractivity contribution is 0.269. The van der Waals surface area contributed by atoms with Crippen molar-refractivity contribution in [1.29, 1.82) is 0 Å². The van der Waals surface area contributed by atoms with Crippen LogP contribution in [0.4, 0.5) is 11.6 Å². The molecule has 0 saturated carbocycles. The number of hydrogen-bond acceptors (Lipinski definition) is 8. The lowest BCUT2D eigenvalue weighted by Gasteiger charge is -2.25. The zero-order valence-corrected chi connectivity index (χ0v) is 15.2. The molecule has 4 aromatic heterocycles. The first-order valence-electron chi connectivity index (χ1n) is 8.98. The third kappa shape index (κ3) is 2.75. The van der Waals surface area contributed by atoms with Crippen molar-refractivity contribution in [1.82, 2.24) is 34.9 Å². The molecule has 0 amide bonds. The monoisotopic (exact) mass is 377 g/mol. The van der Waals surface area contributed by atoms with E-state index in [2.05, 4.69) is 39.1 Å². The van der Waals surface area contributed by atoms with Gasteiger partial charge in [0.05, 0.1) is 42.8 Å². The number of anilines is 2. The van der Waals surface area contributed by atoms with Crippen LogP contribution in [0.15, 0.2) is 49.2 Å². The Morgan fingerprint density at radius 1 is 1.21 bits per heavy atom. The molecule has 28 heavy (non-hydrogen) atoms. The number of rotatable bonds is 5. The van der Waals surface area contributed by atoms with E-state index in [0.717, 1.165) is 22.3 Å². The summed E-state index contributed by atoms with van der Waals surface area (Å²) in [7, 11) is 0. The maximum atomic E-state index is 9.07. The van der Waals surface area contributed by atoms with Crippen LogP contribution < -0.4 is 16.0 Å². The summed E-state index contributed by atoms with van der Waals surface area (Å²) in [4.78, 5) is 9.26. The highest BCUT2D eigenvalue weighted by molar-refractivity contribution is 5.70. The Hall–Kier alpha value is -3.50. The number of nitrogens with zero attached hydrogens (tertiary/aromatic N) is 7. The van der Waals surface area contributed by atoms with Crippen LogP contribution in [-0.2, 0) is 6.54 Å². The van der Waals surface area contributed by atoms with Gasteiger partial charge in [0, 0.05) is 24.2 Å². The molecule has 1 atom stereocenters. The van der Waals surface area contributed by atoms with E-state index in [-0.39, 0.29) is 12.6 Å². The number of aromatic nitrogens is 6. The first kappa shape index (κ1) is 16.7. The largest absolute Gasteiger partial charge is 0.394 e. The van der Waals surface area contributed by atoms with Gasteiger partial charge in [-0.15, -0.1) is 5.53 Å². The minimum Gasteiger partial charge on any atom is -0.394 e. The number of pyridine rings is 1. The number of hydrogen-bond donors (Lipinski definition) is 3. The van der Waals surface area contributed by atoms with Gasteiger partial charge in [-0.1, -0.05) is 0 Å². The summed E-state index contributed by atoms with van der Waals surface area (Å²) in [5.74, 6) is 1.39. The van der Waals surface area contributed by atoms with Gasteiger partial charge in [0.15, 0.2) is 11.6 Å². The van der Waals surface area contributed by atoms with Crippen LogP contribution >= 0.6 is 0 Å². The van der Waals surface area contributed by atoms with Crippen molar-refractivity contribution in [3.63, 3.8) is 0 Å². The minimum absolute atomic E-state index is 0.00955. The Bertz CT molecular complexity index is 1140. The summed E-state index contributed by atoms with van der Waals surface area (Å²) in [6.45, 7) is 2.58. The van der Waals surface area contributed by atoms with Crippen LogP contribution in [0.2, 0.25) is 0 Å². The molecule has 142 valence electrons. The lowest BCUT2D eigenvalue weighted by Crippen LogP contribution is -2.38. The Balaban J connectivity index is 1.47. The molecule has 1 unspecified atom stereocenters. The second-order valence-electron chi connectivity index (χ2n) is 6.59. The Labute approximate surface area is 160 Å². The highest BCUT2D eigenvalue weighted by Gasteiger charge is 2.28. The molecule has 0 saturated heterocycles. The van der Waals surface area contributed by atoms with Crippen LogP contribution in [0.25, 0.3) is 16.8 Å². The van der Waals surface area contributed by atoms with Crippen molar-refractivity contribution in [3.05, 3.63) is 54.7 Å². The van der Waals surface area contributed by atoms with E-state index in [0.29, 0.717) is 18.2 Å². The van der Waals surface area contributed by atoms with Crippen molar-refractivity contribution >= 4 is 17.2 Å². The fraction of sp³-hybridized carbons (Fsp3) is 0.222. The molecular weight excluding hydrogens is 358 g/mol. The molecule has 10 heteroatoms. The van der Waals surface area contributed by atoms with E-state index in [1.165, 1.54) is 0 Å². The smallest absolute Gasteiger partial charge is 0.190 e. The average molecular weight is 377 g/mol. The number of fused-ring (bicyclic) bond motifs is 2. The van der Waals surface area contributed by atoms with E-state index in [1.807, 2.05) is 34.1 Å². The van der Waals surface area contributed by atoms with Gasteiger partial charge in [-0.05, 0) is 30.7 Å². The molecular formula is C18H19N9O. The van der Waals surface area contributed by atoms with Gasteiger partial charge in [-0.3, -0.25) is 15.1 Å². The first-order valence-corrected chi connectivity index (χ1v) is 8.98. The highest BCUT2D eigenvalue weighted by atomic mass is 16.3. The van der Waals surface area contributed by atoms with E-state index in [9.17, 15) is 0 Å². The van der Waals surface area contributed by atoms with Crippen molar-refractivity contribution in [3.8, 4) is 11.3 Å². The van der Waals surface area contributed by atoms with Gasteiger partial charge in [0.1, 0.15) is 0 Å². The van der Waals surface area contributed by atoms with Crippen LogP contribution in [0.5, 0.6) is 0 Å². The molecule has 3 N–H and O–H groups in total. The molecule has 0 radical (unpaired) electrons. The quantitative estimate of drug-likeness (QED) is 0.479. The Kier molecular flexibility index (Phi) is 3.92. The second-order valence-corrected chi connectivity index (χ2v) is 6.59. The maximum absolute atomic E-state index is 9.07. The highest BCUT2D eigenvalue weighted by Crippen LogP contribution is 2.33. The molecule has 5 heterocycles. The fourth-order valence-corrected chi connectivity index (χ4v) is 3.29. The molecule has 5 rings (SSSR count). The molecule has 10 nitrogen and oxygen atoms in total. The van der Waals surface area contributed by atoms with Crippen LogP contribution in [-0.4, -0.2) is 41.1 Å². The summed E-state index contributed by atoms with van der Waals surface area (Å²) >= 11 is 0. The summed E-state index contributed by atoms with van der Waals surface area (Å²) < 4.78 is 3.52. The van der Waals surface area contributed by atoms with E-state index in [4.69, 9.17) is 10.1 Å². The summed E-state index contributed by atoms with van der Waals surface area (Å²) in [6, 6.07) is 6.13. The first-order chi connectivity index (χ1) is 13.7. The van der Waals surface area contributed by atoms with Gasteiger partial charge < -0.3 is 5.11 Å². The lowest BCUT2D eigenvalue weighted by atomic mass is 10.1. The van der Waals surface area contributed by atoms with Crippen molar-refractivity contribution in [2.24, 2.45) is 0 Å². The standard InChI is InChI=1S/C18H19N9O/c1-12(13-3-5-26-15(8-13)2-4-20-26)27-18-17(23-24-27)19-10-16(22-18)14-9-21-25(11-14)6-7-28/h2-5,8-12,24,28H,6-7H2,1H3,(H,19,23). The Morgan fingerprint density at radius 2 is 2.14 bits per heavy atom. The second kappa shape index (κ2) is 6.59. The SMILES string of the molecule is CC(c1ccn2nccc2c1)N1NNc2ncc(-c3cnn(CCO)c3)nc21. The zero-order chi connectivity index (χ0) is 19.1. The summed E-state index contributed by atoms with van der Waals surface area (Å²) in [5.41, 5.74) is 9.95. The van der Waals surface area contributed by atoms with Gasteiger partial charge >= 0.3 is 0 Å². The van der Waals surface area contributed by atoms with Crippen molar-refractivity contribution < 1.29 is 5.11 Å². The predicted octanol–water partition coefficient (Wildman–Crippen LogP) is 1.39. The summed E-state index contributed by atoms with van der Waals surface area (Å²) in [6.07, 6.45) is 9.01. The molecule has 0 bridgehead atoms. The van der Waals surface area contributed by atoms with Gasteiger partial charge in [0.2, 0.25) is 0 Å². The number of aliphatic hydroxyl groups is 1. The number of hydrazine groups is 2. The molecule has 1 aliphatic heterocycles. The Morgan fingerprint density at radius 3 is 3.04 bits per heavy atom. The third-order valence-electron chi connectivity index (χ3n) is 4.83. The van der Waals surface area contributed by atoms with E-state index < -0.39 is 0 Å². The molecule has 1 aliphatic rings. The molecule has 0 fully saturated rings. The average Bonchev–Trinajstić information content (AvgIpc) is 3.45. The van der Waals surface area contributed by atoms with Gasteiger partial charge in [-0.25, -0.2) is 14.5 Å². The third-order valence-corrected chi connectivity index (χ3v) is 4.83. The molecule has 4 aromatic rings. The van der Waals surface area contributed by atoms with Crippen molar-refractivity contribution in [2.45, 2.75) is 19.5 Å². The molecule has 0 spiro atoms. The fourth-order valence-electron chi connectivity index (χ4n) is 3.29. The number of aliphatic hydroxyl groups excluding tert-OH is 1. The number of nitrogens with one attached hydrogen (secondary N) is 2. The molecule has 0 aliphatic carbocycles. The zero-order valence-electron chi connectivity index (χ0n) is 15.2. The predicted molar refractivity (Wildman–Crippen MR) is 103 cm³/mol. The van der Waals surface area contributed by atoms with Gasteiger partial charge in [-0.2, -0.15) is 10.2 Å². The summed E-state index contributed by atoms with van der Waals surface area (Å²) in [5, 5.41) is 19.5. The maximum Gasteiger partial charge on any atom is 0.190 e. The minimum atomic E-state index is 0.00955. The van der Waals surface area contributed by atoms with Gasteiger partial charge in [0.25, 0.3) is 0 Å². The van der Waals surface area contributed by atoms with Crippen LogP contribution in [0.1, 0.15) is 18.5 Å². The normalized spacial score (nSPS) is 14.3. The van der Waals surface area contributed by atoms with Crippen molar-refractivity contribution in [2.75, 3.05) is 17.0 Å². The molecule has 0 aromatic carbocycles. The van der Waals surface area contributed by atoms with Crippen LogP contribution in [0.3, 0.4) is 0 Å². The van der Waals surface area contributed by atoms with E-state index >= 15 is 0 Å².